The van der Waals surface area contributed by atoms with Crippen molar-refractivity contribution >= 4 is 45.7 Å². The number of aromatic nitrogens is 2. The minimum absolute atomic E-state index is 0.0319. The van der Waals surface area contributed by atoms with Crippen LogP contribution in [0.3, 0.4) is 0 Å². The Hall–Kier alpha value is -1.31. The highest BCUT2D eigenvalue weighted by atomic mass is 35.5. The summed E-state index contributed by atoms with van der Waals surface area (Å²) >= 11 is 8.94. The molecule has 1 saturated carbocycles. The Morgan fingerprint density at radius 1 is 1.48 bits per heavy atom. The van der Waals surface area contributed by atoms with Crippen molar-refractivity contribution in [2.75, 3.05) is 17.3 Å². The number of ether oxygens (including phenoxy) is 1. The van der Waals surface area contributed by atoms with E-state index in [0.717, 1.165) is 28.7 Å². The van der Waals surface area contributed by atoms with Gasteiger partial charge < -0.3 is 4.74 Å². The fraction of sp³-hybridized carbons (Fsp3) is 0.400. The molecule has 0 atom stereocenters. The average Bonchev–Trinajstić information content (AvgIpc) is 3.22. The molecule has 0 N–H and O–H groups in total. The first-order valence-corrected chi connectivity index (χ1v) is 9.46. The number of nitrogens with zero attached hydrogens (tertiary/aromatic N) is 3. The molecule has 1 aromatic carbocycles. The van der Waals surface area contributed by atoms with Gasteiger partial charge in [0.2, 0.25) is 11.0 Å². The summed E-state index contributed by atoms with van der Waals surface area (Å²) in [5.41, 5.74) is 0. The van der Waals surface area contributed by atoms with Crippen LogP contribution in [-0.4, -0.2) is 34.5 Å². The van der Waals surface area contributed by atoms with Crippen LogP contribution in [0.1, 0.15) is 19.8 Å². The minimum atomic E-state index is 0.0319. The molecule has 23 heavy (non-hydrogen) atoms. The van der Waals surface area contributed by atoms with Gasteiger partial charge in [0.05, 0.1) is 6.61 Å². The molecular weight excluding hydrogens is 354 g/mol. The number of anilines is 1. The lowest BCUT2D eigenvalue weighted by Gasteiger charge is -2.15. The third-order valence-corrected chi connectivity index (χ3v) is 5.48. The van der Waals surface area contributed by atoms with E-state index >= 15 is 0 Å². The van der Waals surface area contributed by atoms with E-state index < -0.39 is 0 Å². The molecule has 1 fully saturated rings. The Bertz CT molecular complexity index is 691. The second-order valence-electron chi connectivity index (χ2n) is 5.13. The maximum absolute atomic E-state index is 11.7. The van der Waals surface area contributed by atoms with Gasteiger partial charge in [-0.15, -0.1) is 10.2 Å². The van der Waals surface area contributed by atoms with Crippen molar-refractivity contribution in [1.29, 1.82) is 0 Å². The second-order valence-corrected chi connectivity index (χ2v) is 7.86. The van der Waals surface area contributed by atoms with Crippen molar-refractivity contribution in [3.63, 3.8) is 0 Å². The predicted octanol–water partition coefficient (Wildman–Crippen LogP) is 3.88. The third kappa shape index (κ3) is 4.59. The molecule has 0 aliphatic heterocycles. The van der Waals surface area contributed by atoms with Crippen molar-refractivity contribution in [3.8, 4) is 5.75 Å². The summed E-state index contributed by atoms with van der Waals surface area (Å²) in [7, 11) is 0. The second kappa shape index (κ2) is 7.51. The number of benzene rings is 1. The monoisotopic (exact) mass is 369 g/mol. The van der Waals surface area contributed by atoms with Crippen LogP contribution in [-0.2, 0) is 4.79 Å². The SMILES string of the molecule is CC(=O)N(c1nnc(SCCOc2cccc(Cl)c2)s1)C1CC1. The van der Waals surface area contributed by atoms with E-state index in [1.807, 2.05) is 18.2 Å². The molecule has 2 aromatic rings. The number of halogens is 1. The molecule has 1 aliphatic carbocycles. The van der Waals surface area contributed by atoms with Crippen LogP contribution in [0.4, 0.5) is 5.13 Å². The van der Waals surface area contributed by atoms with Crippen LogP contribution < -0.4 is 9.64 Å². The zero-order valence-corrected chi connectivity index (χ0v) is 15.0. The van der Waals surface area contributed by atoms with E-state index in [1.54, 1.807) is 29.7 Å². The molecule has 1 aliphatic rings. The number of rotatable bonds is 7. The Kier molecular flexibility index (Phi) is 5.40. The molecule has 5 nitrogen and oxygen atoms in total. The van der Waals surface area contributed by atoms with Crippen LogP contribution in [0.25, 0.3) is 0 Å². The van der Waals surface area contributed by atoms with Gasteiger partial charge >= 0.3 is 0 Å². The van der Waals surface area contributed by atoms with Crippen molar-refractivity contribution in [1.82, 2.24) is 10.2 Å². The summed E-state index contributed by atoms with van der Waals surface area (Å²) in [6.45, 7) is 2.13. The summed E-state index contributed by atoms with van der Waals surface area (Å²) < 4.78 is 6.48. The summed E-state index contributed by atoms with van der Waals surface area (Å²) in [5, 5.41) is 9.64. The largest absolute Gasteiger partial charge is 0.493 e. The molecule has 8 heteroatoms. The summed E-state index contributed by atoms with van der Waals surface area (Å²) in [4.78, 5) is 13.5. The zero-order valence-electron chi connectivity index (χ0n) is 12.6. The van der Waals surface area contributed by atoms with E-state index in [2.05, 4.69) is 10.2 Å². The van der Waals surface area contributed by atoms with Gasteiger partial charge in [-0.3, -0.25) is 9.69 Å². The number of amides is 1. The fourth-order valence-electron chi connectivity index (χ4n) is 2.08. The van der Waals surface area contributed by atoms with Crippen molar-refractivity contribution < 1.29 is 9.53 Å². The molecule has 0 radical (unpaired) electrons. The normalized spacial score (nSPS) is 13.8. The smallest absolute Gasteiger partial charge is 0.225 e. The Balaban J connectivity index is 1.48. The van der Waals surface area contributed by atoms with E-state index in [1.165, 1.54) is 11.3 Å². The van der Waals surface area contributed by atoms with Crippen molar-refractivity contribution in [2.24, 2.45) is 0 Å². The lowest BCUT2D eigenvalue weighted by Crippen LogP contribution is -2.30. The lowest BCUT2D eigenvalue weighted by atomic mass is 10.3. The highest BCUT2D eigenvalue weighted by Crippen LogP contribution is 2.35. The number of hydrogen-bond acceptors (Lipinski definition) is 6. The maximum Gasteiger partial charge on any atom is 0.225 e. The Labute approximate surface area is 148 Å². The number of hydrogen-bond donors (Lipinski definition) is 0. The summed E-state index contributed by atoms with van der Waals surface area (Å²) in [6.07, 6.45) is 2.10. The highest BCUT2D eigenvalue weighted by Gasteiger charge is 2.34. The van der Waals surface area contributed by atoms with Gasteiger partial charge in [0.25, 0.3) is 0 Å². The molecule has 0 saturated heterocycles. The molecule has 1 aromatic heterocycles. The number of thioether (sulfide) groups is 1. The van der Waals surface area contributed by atoms with Crippen LogP contribution in [0.2, 0.25) is 5.02 Å². The fourth-order valence-corrected chi connectivity index (χ4v) is 4.11. The Morgan fingerprint density at radius 2 is 2.30 bits per heavy atom. The van der Waals surface area contributed by atoms with Crippen LogP contribution >= 0.6 is 34.7 Å². The van der Waals surface area contributed by atoms with E-state index in [-0.39, 0.29) is 5.91 Å². The zero-order chi connectivity index (χ0) is 16.2. The first-order chi connectivity index (χ1) is 11.1. The summed E-state index contributed by atoms with van der Waals surface area (Å²) in [5.74, 6) is 1.54. The standard InChI is InChI=1S/C15H16ClN3O2S2/c1-10(20)19(12-5-6-12)14-17-18-15(23-14)22-8-7-21-13-4-2-3-11(16)9-13/h2-4,9,12H,5-8H2,1H3. The van der Waals surface area contributed by atoms with Gasteiger partial charge in [-0.1, -0.05) is 40.8 Å². The van der Waals surface area contributed by atoms with Gasteiger partial charge in [0.1, 0.15) is 5.75 Å². The van der Waals surface area contributed by atoms with Crippen LogP contribution in [0.15, 0.2) is 28.6 Å². The van der Waals surface area contributed by atoms with Gasteiger partial charge in [-0.2, -0.15) is 0 Å². The topological polar surface area (TPSA) is 55.3 Å². The van der Waals surface area contributed by atoms with Crippen molar-refractivity contribution in [3.05, 3.63) is 29.3 Å². The lowest BCUT2D eigenvalue weighted by molar-refractivity contribution is -0.116. The molecule has 0 unspecified atom stereocenters. The third-order valence-electron chi connectivity index (χ3n) is 3.23. The molecule has 1 heterocycles. The van der Waals surface area contributed by atoms with Crippen LogP contribution in [0, 0.1) is 0 Å². The first-order valence-electron chi connectivity index (χ1n) is 7.28. The molecule has 1 amide bonds. The molecule has 0 spiro atoms. The molecular formula is C15H16ClN3O2S2. The van der Waals surface area contributed by atoms with E-state index in [4.69, 9.17) is 16.3 Å². The van der Waals surface area contributed by atoms with Gasteiger partial charge in [0.15, 0.2) is 4.34 Å². The highest BCUT2D eigenvalue weighted by molar-refractivity contribution is 8.01. The number of carbonyl (C=O) groups is 1. The first kappa shape index (κ1) is 16.5. The summed E-state index contributed by atoms with van der Waals surface area (Å²) in [6, 6.07) is 7.64. The average molecular weight is 370 g/mol. The maximum atomic E-state index is 11.7. The van der Waals surface area contributed by atoms with E-state index in [9.17, 15) is 4.79 Å². The quantitative estimate of drug-likeness (QED) is 0.421. The molecule has 3 rings (SSSR count). The van der Waals surface area contributed by atoms with E-state index in [0.29, 0.717) is 22.8 Å². The van der Waals surface area contributed by atoms with Gasteiger partial charge in [-0.05, 0) is 31.0 Å². The Morgan fingerprint density at radius 3 is 3.00 bits per heavy atom. The minimum Gasteiger partial charge on any atom is -0.493 e. The van der Waals surface area contributed by atoms with Gasteiger partial charge in [-0.25, -0.2) is 0 Å². The predicted molar refractivity (Wildman–Crippen MR) is 93.8 cm³/mol. The van der Waals surface area contributed by atoms with Crippen molar-refractivity contribution in [2.45, 2.75) is 30.1 Å². The van der Waals surface area contributed by atoms with Gasteiger partial charge in [0, 0.05) is 23.7 Å². The number of carbonyl (C=O) groups excluding carboxylic acids is 1. The molecule has 122 valence electrons. The van der Waals surface area contributed by atoms with Crippen LogP contribution in [0.5, 0.6) is 5.75 Å². The molecule has 0 bridgehead atoms.